The maximum atomic E-state index is 9.46. The topological polar surface area (TPSA) is 61.7 Å². The summed E-state index contributed by atoms with van der Waals surface area (Å²) in [5, 5.41) is 22.6. The van der Waals surface area contributed by atoms with Gasteiger partial charge in [0.1, 0.15) is 5.75 Å². The van der Waals surface area contributed by atoms with Crippen molar-refractivity contribution >= 4 is 17.3 Å². The first-order valence-corrected chi connectivity index (χ1v) is 6.48. The molecule has 2 aromatic carbocycles. The van der Waals surface area contributed by atoms with Gasteiger partial charge in [-0.15, -0.1) is 0 Å². The van der Waals surface area contributed by atoms with Crippen LogP contribution in [0, 0.1) is 6.92 Å². The number of phenolic OH excluding ortho intramolecular Hbond substituents is 2. The Kier molecular flexibility index (Phi) is 4.25. The smallest absolute Gasteiger partial charge is 0.157 e. The number of anilines is 1. The molecule has 0 atom stereocenters. The van der Waals surface area contributed by atoms with Gasteiger partial charge in [-0.25, -0.2) is 0 Å². The van der Waals surface area contributed by atoms with Gasteiger partial charge in [-0.3, -0.25) is 0 Å². The van der Waals surface area contributed by atoms with Crippen molar-refractivity contribution in [1.29, 1.82) is 0 Å². The fourth-order valence-electron chi connectivity index (χ4n) is 1.85. The number of benzene rings is 2. The zero-order valence-electron chi connectivity index (χ0n) is 11.3. The van der Waals surface area contributed by atoms with Gasteiger partial charge in [0, 0.05) is 17.6 Å². The first-order valence-electron chi connectivity index (χ1n) is 6.10. The number of aryl methyl sites for hydroxylation is 1. The van der Waals surface area contributed by atoms with E-state index in [-0.39, 0.29) is 11.5 Å². The minimum Gasteiger partial charge on any atom is -0.504 e. The number of methoxy groups -OCH3 is 1. The van der Waals surface area contributed by atoms with Gasteiger partial charge >= 0.3 is 0 Å². The number of hydrogen-bond donors (Lipinski definition) is 3. The molecule has 0 unspecified atom stereocenters. The van der Waals surface area contributed by atoms with Gasteiger partial charge in [-0.2, -0.15) is 0 Å². The van der Waals surface area contributed by atoms with E-state index in [1.54, 1.807) is 19.2 Å². The molecule has 0 radical (unpaired) electrons. The highest BCUT2D eigenvalue weighted by molar-refractivity contribution is 6.31. The van der Waals surface area contributed by atoms with E-state index in [0.29, 0.717) is 17.3 Å². The molecule has 3 N–H and O–H groups in total. The molecule has 0 aliphatic carbocycles. The number of phenols is 2. The lowest BCUT2D eigenvalue weighted by Gasteiger charge is -2.13. The number of hydrogen-bond acceptors (Lipinski definition) is 4. The molecule has 2 aromatic rings. The Balaban J connectivity index is 2.18. The zero-order valence-corrected chi connectivity index (χ0v) is 12.0. The molecule has 0 aliphatic rings. The second kappa shape index (κ2) is 5.92. The predicted octanol–water partition coefficient (Wildman–Crippen LogP) is 3.68. The minimum absolute atomic E-state index is 0.131. The van der Waals surface area contributed by atoms with Crippen LogP contribution in [0.5, 0.6) is 17.2 Å². The van der Waals surface area contributed by atoms with Gasteiger partial charge < -0.3 is 20.3 Å². The average molecular weight is 294 g/mol. The molecule has 0 heterocycles. The molecule has 106 valence electrons. The third kappa shape index (κ3) is 3.08. The van der Waals surface area contributed by atoms with Crippen LogP contribution in [0.15, 0.2) is 30.3 Å². The zero-order chi connectivity index (χ0) is 14.7. The highest BCUT2D eigenvalue weighted by Crippen LogP contribution is 2.32. The SMILES string of the molecule is COc1cc(Cl)c(C)cc1NCc1ccc(O)c(O)c1. The summed E-state index contributed by atoms with van der Waals surface area (Å²) in [6, 6.07) is 8.36. The third-order valence-corrected chi connectivity index (χ3v) is 3.41. The second-order valence-electron chi connectivity index (χ2n) is 4.48. The molecule has 5 heteroatoms. The monoisotopic (exact) mass is 293 g/mol. The molecule has 0 bridgehead atoms. The van der Waals surface area contributed by atoms with Crippen molar-refractivity contribution in [3.63, 3.8) is 0 Å². The predicted molar refractivity (Wildman–Crippen MR) is 79.8 cm³/mol. The highest BCUT2D eigenvalue weighted by Gasteiger charge is 2.07. The molecule has 0 fully saturated rings. The molecule has 2 rings (SSSR count). The van der Waals surface area contributed by atoms with E-state index in [1.165, 1.54) is 12.1 Å². The van der Waals surface area contributed by atoms with Gasteiger partial charge in [-0.1, -0.05) is 17.7 Å². The lowest BCUT2D eigenvalue weighted by atomic mass is 10.1. The summed E-state index contributed by atoms with van der Waals surface area (Å²) < 4.78 is 5.28. The molecule has 0 spiro atoms. The van der Waals surface area contributed by atoms with Crippen LogP contribution in [0.2, 0.25) is 5.02 Å². The molecule has 0 saturated heterocycles. The van der Waals surface area contributed by atoms with Gasteiger partial charge in [0.05, 0.1) is 12.8 Å². The van der Waals surface area contributed by atoms with Crippen LogP contribution in [0.25, 0.3) is 0 Å². The Morgan fingerprint density at radius 1 is 1.15 bits per heavy atom. The molecule has 4 nitrogen and oxygen atoms in total. The van der Waals surface area contributed by atoms with Crippen LogP contribution < -0.4 is 10.1 Å². The van der Waals surface area contributed by atoms with E-state index >= 15 is 0 Å². The molecular formula is C15H16ClNO3. The number of aromatic hydroxyl groups is 2. The van der Waals surface area contributed by atoms with Crippen LogP contribution in [-0.2, 0) is 6.54 Å². The molecule has 0 saturated carbocycles. The van der Waals surface area contributed by atoms with Crippen molar-refractivity contribution in [2.24, 2.45) is 0 Å². The summed E-state index contributed by atoms with van der Waals surface area (Å²) in [5.41, 5.74) is 2.61. The summed E-state index contributed by atoms with van der Waals surface area (Å²) in [6.07, 6.45) is 0. The van der Waals surface area contributed by atoms with Crippen molar-refractivity contribution in [2.45, 2.75) is 13.5 Å². The number of halogens is 1. The van der Waals surface area contributed by atoms with Crippen molar-refractivity contribution in [3.8, 4) is 17.2 Å². The lowest BCUT2D eigenvalue weighted by Crippen LogP contribution is -2.02. The summed E-state index contributed by atoms with van der Waals surface area (Å²) in [5.74, 6) is 0.390. The van der Waals surface area contributed by atoms with E-state index in [4.69, 9.17) is 16.3 Å². The Morgan fingerprint density at radius 2 is 1.90 bits per heavy atom. The van der Waals surface area contributed by atoms with E-state index in [2.05, 4.69) is 5.32 Å². The van der Waals surface area contributed by atoms with Crippen LogP contribution >= 0.6 is 11.6 Å². The quantitative estimate of drug-likeness (QED) is 0.753. The average Bonchev–Trinajstić information content (AvgIpc) is 2.43. The fourth-order valence-corrected chi connectivity index (χ4v) is 2.00. The van der Waals surface area contributed by atoms with Gasteiger partial charge in [0.25, 0.3) is 0 Å². The van der Waals surface area contributed by atoms with Crippen molar-refractivity contribution in [2.75, 3.05) is 12.4 Å². The van der Waals surface area contributed by atoms with E-state index in [9.17, 15) is 10.2 Å². The van der Waals surface area contributed by atoms with Crippen molar-refractivity contribution in [1.82, 2.24) is 0 Å². The van der Waals surface area contributed by atoms with E-state index < -0.39 is 0 Å². The molecule has 20 heavy (non-hydrogen) atoms. The highest BCUT2D eigenvalue weighted by atomic mass is 35.5. The van der Waals surface area contributed by atoms with E-state index in [0.717, 1.165) is 16.8 Å². The Morgan fingerprint density at radius 3 is 2.55 bits per heavy atom. The van der Waals surface area contributed by atoms with E-state index in [1.807, 2.05) is 13.0 Å². The molecular weight excluding hydrogens is 278 g/mol. The molecule has 0 aliphatic heterocycles. The largest absolute Gasteiger partial charge is 0.504 e. The Labute approximate surface area is 122 Å². The lowest BCUT2D eigenvalue weighted by molar-refractivity contribution is 0.403. The second-order valence-corrected chi connectivity index (χ2v) is 4.89. The van der Waals surface area contributed by atoms with Crippen LogP contribution in [0.3, 0.4) is 0 Å². The van der Waals surface area contributed by atoms with Gasteiger partial charge in [0.2, 0.25) is 0 Å². The standard InChI is InChI=1S/C15H16ClNO3/c1-9-5-12(15(20-2)7-11(9)16)17-8-10-3-4-13(18)14(19)6-10/h3-7,17-19H,8H2,1-2H3. The number of nitrogens with one attached hydrogen (secondary N) is 1. The van der Waals surface area contributed by atoms with Crippen LogP contribution in [0.1, 0.15) is 11.1 Å². The number of ether oxygens (including phenoxy) is 1. The molecule has 0 aromatic heterocycles. The van der Waals surface area contributed by atoms with Crippen molar-refractivity contribution in [3.05, 3.63) is 46.5 Å². The first-order chi connectivity index (χ1) is 9.51. The molecule has 0 amide bonds. The van der Waals surface area contributed by atoms with Crippen LogP contribution in [0.4, 0.5) is 5.69 Å². The fraction of sp³-hybridized carbons (Fsp3) is 0.200. The summed E-state index contributed by atoms with van der Waals surface area (Å²) in [7, 11) is 1.58. The Bertz CT molecular complexity index is 629. The summed E-state index contributed by atoms with van der Waals surface area (Å²) in [4.78, 5) is 0. The van der Waals surface area contributed by atoms with Gasteiger partial charge in [0.15, 0.2) is 11.5 Å². The van der Waals surface area contributed by atoms with Crippen LogP contribution in [-0.4, -0.2) is 17.3 Å². The number of rotatable bonds is 4. The normalized spacial score (nSPS) is 10.3. The summed E-state index contributed by atoms with van der Waals surface area (Å²) in [6.45, 7) is 2.41. The van der Waals surface area contributed by atoms with Crippen molar-refractivity contribution < 1.29 is 14.9 Å². The maximum Gasteiger partial charge on any atom is 0.157 e. The Hall–Kier alpha value is -2.07. The third-order valence-electron chi connectivity index (χ3n) is 3.00. The first kappa shape index (κ1) is 14.3. The summed E-state index contributed by atoms with van der Waals surface area (Å²) >= 11 is 6.05. The van der Waals surface area contributed by atoms with Gasteiger partial charge in [-0.05, 0) is 36.2 Å². The minimum atomic E-state index is -0.136. The maximum absolute atomic E-state index is 9.46.